The Bertz CT molecular complexity index is 628. The van der Waals surface area contributed by atoms with Crippen molar-refractivity contribution in [2.24, 2.45) is 0 Å². The molecular weight excluding hydrogens is 397 g/mol. The maximum atomic E-state index is 13.5. The van der Waals surface area contributed by atoms with Crippen molar-refractivity contribution in [2.45, 2.75) is 26.3 Å². The van der Waals surface area contributed by atoms with Crippen LogP contribution in [0.3, 0.4) is 0 Å². The summed E-state index contributed by atoms with van der Waals surface area (Å²) in [4.78, 5) is 0. The molecule has 4 heteroatoms. The second-order valence-electron chi connectivity index (χ2n) is 5.06. The minimum absolute atomic E-state index is 0.0381. The molecule has 2 rings (SSSR count). The Balaban J connectivity index is 2.46. The molecule has 0 saturated heterocycles. The fourth-order valence-electron chi connectivity index (χ4n) is 2.28. The molecular formula is C17H18Br2FN. The number of benzene rings is 2. The average molecular weight is 415 g/mol. The van der Waals surface area contributed by atoms with E-state index in [9.17, 15) is 4.39 Å². The first-order valence-electron chi connectivity index (χ1n) is 6.97. The summed E-state index contributed by atoms with van der Waals surface area (Å²) in [7, 11) is 0. The topological polar surface area (TPSA) is 12.0 Å². The van der Waals surface area contributed by atoms with E-state index < -0.39 is 0 Å². The first-order chi connectivity index (χ1) is 10.0. The summed E-state index contributed by atoms with van der Waals surface area (Å²) in [6, 6.07) is 11.5. The molecule has 0 aliphatic heterocycles. The molecule has 0 saturated carbocycles. The van der Waals surface area contributed by atoms with Gasteiger partial charge in [0, 0.05) is 8.95 Å². The molecule has 2 aromatic carbocycles. The fourth-order valence-corrected chi connectivity index (χ4v) is 3.13. The Labute approximate surface area is 142 Å². The van der Waals surface area contributed by atoms with Crippen LogP contribution in [-0.2, 0) is 0 Å². The molecule has 0 radical (unpaired) electrons. The SMILES string of the molecule is CCCNC(c1ccc(F)c(C)c1)c1cc(Br)ccc1Br. The number of aryl methyl sites for hydroxylation is 1. The molecule has 0 bridgehead atoms. The van der Waals surface area contributed by atoms with Gasteiger partial charge in [-0.2, -0.15) is 0 Å². The van der Waals surface area contributed by atoms with Crippen LogP contribution in [0.1, 0.15) is 36.1 Å². The predicted octanol–water partition coefficient (Wildman–Crippen LogP) is 5.75. The first-order valence-corrected chi connectivity index (χ1v) is 8.56. The zero-order valence-corrected chi connectivity index (χ0v) is 15.3. The van der Waals surface area contributed by atoms with Gasteiger partial charge in [-0.1, -0.05) is 50.9 Å². The standard InChI is InChI=1S/C17H18Br2FN/c1-3-8-21-17(12-4-7-16(20)11(2)9-12)14-10-13(18)5-6-15(14)19/h4-7,9-10,17,21H,3,8H2,1-2H3. The monoisotopic (exact) mass is 413 g/mol. The third-order valence-electron chi connectivity index (χ3n) is 3.38. The lowest BCUT2D eigenvalue weighted by Gasteiger charge is -2.22. The number of hydrogen-bond donors (Lipinski definition) is 1. The zero-order chi connectivity index (χ0) is 15.4. The van der Waals surface area contributed by atoms with E-state index in [1.54, 1.807) is 6.92 Å². The van der Waals surface area contributed by atoms with Crippen LogP contribution in [-0.4, -0.2) is 6.54 Å². The van der Waals surface area contributed by atoms with Gasteiger partial charge in [0.2, 0.25) is 0 Å². The minimum Gasteiger partial charge on any atom is -0.306 e. The van der Waals surface area contributed by atoms with Crippen molar-refractivity contribution < 1.29 is 4.39 Å². The van der Waals surface area contributed by atoms with Gasteiger partial charge in [0.25, 0.3) is 0 Å². The van der Waals surface area contributed by atoms with Crippen molar-refractivity contribution in [3.8, 4) is 0 Å². The van der Waals surface area contributed by atoms with Gasteiger partial charge >= 0.3 is 0 Å². The maximum absolute atomic E-state index is 13.5. The van der Waals surface area contributed by atoms with E-state index in [2.05, 4.69) is 50.2 Å². The molecule has 1 atom stereocenters. The fraction of sp³-hybridized carbons (Fsp3) is 0.294. The highest BCUT2D eigenvalue weighted by Crippen LogP contribution is 2.31. The predicted molar refractivity (Wildman–Crippen MR) is 93.1 cm³/mol. The normalized spacial score (nSPS) is 12.4. The number of nitrogens with one attached hydrogen (secondary N) is 1. The zero-order valence-electron chi connectivity index (χ0n) is 12.1. The quantitative estimate of drug-likeness (QED) is 0.656. The van der Waals surface area contributed by atoms with Gasteiger partial charge in [-0.3, -0.25) is 0 Å². The third-order valence-corrected chi connectivity index (χ3v) is 4.60. The number of halogens is 3. The van der Waals surface area contributed by atoms with E-state index in [-0.39, 0.29) is 11.9 Å². The Kier molecular flexibility index (Phi) is 5.97. The molecule has 0 aromatic heterocycles. The average Bonchev–Trinajstić information content (AvgIpc) is 2.46. The highest BCUT2D eigenvalue weighted by Gasteiger charge is 2.17. The first kappa shape index (κ1) is 16.7. The van der Waals surface area contributed by atoms with Crippen LogP contribution in [0, 0.1) is 12.7 Å². The van der Waals surface area contributed by atoms with E-state index in [1.807, 2.05) is 24.3 Å². The van der Waals surface area contributed by atoms with Crippen LogP contribution >= 0.6 is 31.9 Å². The highest BCUT2D eigenvalue weighted by atomic mass is 79.9. The maximum Gasteiger partial charge on any atom is 0.126 e. The lowest BCUT2D eigenvalue weighted by Crippen LogP contribution is -2.23. The van der Waals surface area contributed by atoms with Crippen LogP contribution in [0.25, 0.3) is 0 Å². The summed E-state index contributed by atoms with van der Waals surface area (Å²) in [5.41, 5.74) is 2.88. The van der Waals surface area contributed by atoms with Gasteiger partial charge in [0.1, 0.15) is 5.82 Å². The van der Waals surface area contributed by atoms with E-state index >= 15 is 0 Å². The second kappa shape index (κ2) is 7.52. The highest BCUT2D eigenvalue weighted by molar-refractivity contribution is 9.11. The molecule has 0 aliphatic carbocycles. The summed E-state index contributed by atoms with van der Waals surface area (Å²) in [5, 5.41) is 3.54. The van der Waals surface area contributed by atoms with Gasteiger partial charge in [-0.05, 0) is 60.8 Å². The molecule has 2 aromatic rings. The second-order valence-corrected chi connectivity index (χ2v) is 6.83. The lowest BCUT2D eigenvalue weighted by molar-refractivity contribution is 0.588. The van der Waals surface area contributed by atoms with Crippen molar-refractivity contribution >= 4 is 31.9 Å². The molecule has 1 N–H and O–H groups in total. The number of hydrogen-bond acceptors (Lipinski definition) is 1. The van der Waals surface area contributed by atoms with Gasteiger partial charge in [-0.25, -0.2) is 4.39 Å². The van der Waals surface area contributed by atoms with E-state index in [0.717, 1.165) is 33.0 Å². The largest absolute Gasteiger partial charge is 0.306 e. The molecule has 1 nitrogen and oxygen atoms in total. The van der Waals surface area contributed by atoms with E-state index in [4.69, 9.17) is 0 Å². The van der Waals surface area contributed by atoms with Crippen molar-refractivity contribution in [1.29, 1.82) is 0 Å². The Morgan fingerprint density at radius 2 is 1.90 bits per heavy atom. The minimum atomic E-state index is -0.165. The van der Waals surface area contributed by atoms with E-state index in [0.29, 0.717) is 5.56 Å². The van der Waals surface area contributed by atoms with Crippen LogP contribution in [0.2, 0.25) is 0 Å². The van der Waals surface area contributed by atoms with Crippen molar-refractivity contribution in [3.05, 3.63) is 67.9 Å². The summed E-state index contributed by atoms with van der Waals surface area (Å²) in [6.45, 7) is 4.83. The van der Waals surface area contributed by atoms with Crippen LogP contribution in [0.5, 0.6) is 0 Å². The third kappa shape index (κ3) is 4.15. The van der Waals surface area contributed by atoms with Crippen LogP contribution in [0.15, 0.2) is 45.3 Å². The molecule has 0 heterocycles. The lowest BCUT2D eigenvalue weighted by atomic mass is 9.97. The van der Waals surface area contributed by atoms with Gasteiger partial charge in [-0.15, -0.1) is 0 Å². The molecule has 21 heavy (non-hydrogen) atoms. The summed E-state index contributed by atoms with van der Waals surface area (Å²) < 4.78 is 15.6. The van der Waals surface area contributed by atoms with Crippen molar-refractivity contribution in [2.75, 3.05) is 6.54 Å². The molecule has 0 aliphatic rings. The van der Waals surface area contributed by atoms with Crippen LogP contribution in [0.4, 0.5) is 4.39 Å². The Morgan fingerprint density at radius 3 is 2.57 bits per heavy atom. The van der Waals surface area contributed by atoms with Gasteiger partial charge in [0.15, 0.2) is 0 Å². The van der Waals surface area contributed by atoms with E-state index in [1.165, 1.54) is 6.07 Å². The van der Waals surface area contributed by atoms with Crippen molar-refractivity contribution in [3.63, 3.8) is 0 Å². The Morgan fingerprint density at radius 1 is 1.14 bits per heavy atom. The van der Waals surface area contributed by atoms with Gasteiger partial charge < -0.3 is 5.32 Å². The smallest absolute Gasteiger partial charge is 0.126 e. The molecule has 0 fully saturated rings. The molecule has 0 spiro atoms. The molecule has 1 unspecified atom stereocenters. The Hall–Kier alpha value is -0.710. The summed E-state index contributed by atoms with van der Waals surface area (Å²) in [5.74, 6) is -0.165. The number of rotatable bonds is 5. The molecule has 0 amide bonds. The molecule has 112 valence electrons. The van der Waals surface area contributed by atoms with Crippen molar-refractivity contribution in [1.82, 2.24) is 5.32 Å². The van der Waals surface area contributed by atoms with Gasteiger partial charge in [0.05, 0.1) is 6.04 Å². The summed E-state index contributed by atoms with van der Waals surface area (Å²) in [6.07, 6.45) is 1.04. The van der Waals surface area contributed by atoms with Crippen LogP contribution < -0.4 is 5.32 Å². The summed E-state index contributed by atoms with van der Waals surface area (Å²) >= 11 is 7.14.